The monoisotopic (exact) mass is 268 g/mol. The second-order valence-corrected chi connectivity index (χ2v) is 4.80. The second-order valence-electron chi connectivity index (χ2n) is 4.80. The van der Waals surface area contributed by atoms with E-state index in [2.05, 4.69) is 4.98 Å². The molecular formula is C15H12N2O3. The molecule has 0 unspecified atom stereocenters. The third-order valence-electron chi connectivity index (χ3n) is 3.41. The highest BCUT2D eigenvalue weighted by Gasteiger charge is 2.15. The molecule has 1 N–H and O–H groups in total. The van der Waals surface area contributed by atoms with Crippen molar-refractivity contribution in [3.8, 4) is 0 Å². The van der Waals surface area contributed by atoms with Gasteiger partial charge in [-0.1, -0.05) is 18.2 Å². The molecule has 5 heteroatoms. The summed E-state index contributed by atoms with van der Waals surface area (Å²) in [6.45, 7) is 1.91. The molecule has 0 atom stereocenters. The molecule has 0 aliphatic carbocycles. The number of aromatic carboxylic acids is 1. The van der Waals surface area contributed by atoms with Gasteiger partial charge in [-0.15, -0.1) is 0 Å². The highest BCUT2D eigenvalue weighted by Crippen LogP contribution is 2.22. The van der Waals surface area contributed by atoms with Crippen LogP contribution in [0.5, 0.6) is 0 Å². The molecule has 0 bridgehead atoms. The van der Waals surface area contributed by atoms with Gasteiger partial charge in [0.15, 0.2) is 0 Å². The lowest BCUT2D eigenvalue weighted by Crippen LogP contribution is -2.19. The van der Waals surface area contributed by atoms with Crippen molar-refractivity contribution < 1.29 is 9.90 Å². The zero-order chi connectivity index (χ0) is 14.4. The number of para-hydroxylation sites is 1. The molecule has 3 aromatic rings. The Labute approximate surface area is 114 Å². The largest absolute Gasteiger partial charge is 0.478 e. The topological polar surface area (TPSA) is 72.2 Å². The van der Waals surface area contributed by atoms with Crippen LogP contribution in [0.4, 0.5) is 0 Å². The van der Waals surface area contributed by atoms with Gasteiger partial charge in [-0.2, -0.15) is 0 Å². The number of carbonyl (C=O) groups is 1. The first kappa shape index (κ1) is 12.3. The first-order valence-corrected chi connectivity index (χ1v) is 6.12. The predicted molar refractivity (Wildman–Crippen MR) is 76.2 cm³/mol. The quantitative estimate of drug-likeness (QED) is 0.686. The average molecular weight is 268 g/mol. The molecule has 0 aliphatic rings. The SMILES string of the molecule is Cc1cccc2cc3c(=O)n(C)cc(C(=O)O)c3nc12. The molecule has 5 nitrogen and oxygen atoms in total. The van der Waals surface area contributed by atoms with Crippen LogP contribution in [-0.4, -0.2) is 20.6 Å². The summed E-state index contributed by atoms with van der Waals surface area (Å²) in [5.41, 5.74) is 1.69. The Morgan fingerprint density at radius 3 is 2.75 bits per heavy atom. The second kappa shape index (κ2) is 4.16. The van der Waals surface area contributed by atoms with E-state index in [9.17, 15) is 14.7 Å². The molecule has 0 radical (unpaired) electrons. The Morgan fingerprint density at radius 1 is 1.30 bits per heavy atom. The Morgan fingerprint density at radius 2 is 2.05 bits per heavy atom. The number of nitrogens with zero attached hydrogens (tertiary/aromatic N) is 2. The minimum Gasteiger partial charge on any atom is -0.478 e. The molecule has 1 aromatic carbocycles. The van der Waals surface area contributed by atoms with Crippen LogP contribution in [0.3, 0.4) is 0 Å². The molecule has 20 heavy (non-hydrogen) atoms. The molecule has 0 spiro atoms. The van der Waals surface area contributed by atoms with Crippen molar-refractivity contribution in [1.82, 2.24) is 9.55 Å². The van der Waals surface area contributed by atoms with Crippen molar-refractivity contribution in [3.63, 3.8) is 0 Å². The van der Waals surface area contributed by atoms with Gasteiger partial charge in [0.05, 0.1) is 16.4 Å². The summed E-state index contributed by atoms with van der Waals surface area (Å²) in [6.07, 6.45) is 1.31. The molecule has 3 rings (SSSR count). The summed E-state index contributed by atoms with van der Waals surface area (Å²) < 4.78 is 1.27. The summed E-state index contributed by atoms with van der Waals surface area (Å²) >= 11 is 0. The third kappa shape index (κ3) is 1.67. The van der Waals surface area contributed by atoms with E-state index in [1.807, 2.05) is 25.1 Å². The Kier molecular flexibility index (Phi) is 2.57. The third-order valence-corrected chi connectivity index (χ3v) is 3.41. The van der Waals surface area contributed by atoms with Gasteiger partial charge in [-0.05, 0) is 18.6 Å². The molecule has 100 valence electrons. The van der Waals surface area contributed by atoms with Crippen molar-refractivity contribution >= 4 is 27.8 Å². The predicted octanol–water partition coefficient (Wildman–Crippen LogP) is 2.09. The molecule has 0 saturated carbocycles. The number of benzene rings is 1. The van der Waals surface area contributed by atoms with E-state index in [1.54, 1.807) is 6.07 Å². The number of carboxylic acids is 1. The molecule has 2 heterocycles. The number of pyridine rings is 2. The highest BCUT2D eigenvalue weighted by atomic mass is 16.4. The van der Waals surface area contributed by atoms with Gasteiger partial charge in [0.2, 0.25) is 0 Å². The van der Waals surface area contributed by atoms with E-state index in [-0.39, 0.29) is 16.6 Å². The maximum absolute atomic E-state index is 12.2. The van der Waals surface area contributed by atoms with Crippen molar-refractivity contribution in [2.75, 3.05) is 0 Å². The Hall–Kier alpha value is -2.69. The number of hydrogen-bond acceptors (Lipinski definition) is 3. The molecule has 0 fully saturated rings. The fraction of sp³-hybridized carbons (Fsp3) is 0.133. The lowest BCUT2D eigenvalue weighted by atomic mass is 10.1. The fourth-order valence-corrected chi connectivity index (χ4v) is 2.38. The van der Waals surface area contributed by atoms with Crippen molar-refractivity contribution in [2.45, 2.75) is 6.92 Å². The summed E-state index contributed by atoms with van der Waals surface area (Å²) in [6, 6.07) is 7.36. The van der Waals surface area contributed by atoms with Gasteiger partial charge in [0, 0.05) is 18.6 Å². The van der Waals surface area contributed by atoms with Crippen LogP contribution in [0.1, 0.15) is 15.9 Å². The van der Waals surface area contributed by atoms with Crippen LogP contribution in [0.2, 0.25) is 0 Å². The zero-order valence-corrected chi connectivity index (χ0v) is 11.0. The summed E-state index contributed by atoms with van der Waals surface area (Å²) in [4.78, 5) is 27.9. The van der Waals surface area contributed by atoms with Crippen molar-refractivity contribution in [2.24, 2.45) is 7.05 Å². The summed E-state index contributed by atoms with van der Waals surface area (Å²) in [5, 5.41) is 10.4. The fourth-order valence-electron chi connectivity index (χ4n) is 2.38. The van der Waals surface area contributed by atoms with E-state index in [1.165, 1.54) is 17.8 Å². The van der Waals surface area contributed by atoms with E-state index < -0.39 is 5.97 Å². The summed E-state index contributed by atoms with van der Waals surface area (Å²) in [7, 11) is 1.54. The zero-order valence-electron chi connectivity index (χ0n) is 11.0. The standard InChI is InChI=1S/C15H12N2O3/c1-8-4-3-5-9-6-10-13(16-12(8)9)11(15(19)20)7-17(2)14(10)18/h3-7H,1-2H3,(H,19,20). The van der Waals surface area contributed by atoms with E-state index in [4.69, 9.17) is 0 Å². The van der Waals surface area contributed by atoms with E-state index in [0.717, 1.165) is 16.5 Å². The Balaban J connectivity index is 2.61. The molecular weight excluding hydrogens is 256 g/mol. The van der Waals surface area contributed by atoms with E-state index >= 15 is 0 Å². The number of rotatable bonds is 1. The number of hydrogen-bond donors (Lipinski definition) is 1. The Bertz CT molecular complexity index is 926. The van der Waals surface area contributed by atoms with Gasteiger partial charge in [0.1, 0.15) is 5.56 Å². The maximum Gasteiger partial charge on any atom is 0.339 e. The van der Waals surface area contributed by atoms with Gasteiger partial charge < -0.3 is 9.67 Å². The van der Waals surface area contributed by atoms with Crippen molar-refractivity contribution in [1.29, 1.82) is 0 Å². The first-order valence-electron chi connectivity index (χ1n) is 6.12. The molecule has 0 amide bonds. The maximum atomic E-state index is 12.2. The first-order chi connectivity index (χ1) is 9.49. The molecule has 2 aromatic heterocycles. The van der Waals surface area contributed by atoms with Crippen LogP contribution < -0.4 is 5.56 Å². The summed E-state index contributed by atoms with van der Waals surface area (Å²) in [5.74, 6) is -1.09. The highest BCUT2D eigenvalue weighted by molar-refractivity contribution is 6.04. The van der Waals surface area contributed by atoms with E-state index in [0.29, 0.717) is 5.39 Å². The number of fused-ring (bicyclic) bond motifs is 2. The van der Waals surface area contributed by atoms with Gasteiger partial charge >= 0.3 is 5.97 Å². The van der Waals surface area contributed by atoms with Crippen LogP contribution in [0.15, 0.2) is 35.3 Å². The van der Waals surface area contributed by atoms with Crippen molar-refractivity contribution in [3.05, 3.63) is 51.9 Å². The van der Waals surface area contributed by atoms with Gasteiger partial charge in [-0.25, -0.2) is 9.78 Å². The van der Waals surface area contributed by atoms with Gasteiger partial charge in [-0.3, -0.25) is 4.79 Å². The lowest BCUT2D eigenvalue weighted by molar-refractivity contribution is 0.0698. The molecule has 0 saturated heterocycles. The van der Waals surface area contributed by atoms with Gasteiger partial charge in [0.25, 0.3) is 5.56 Å². The smallest absolute Gasteiger partial charge is 0.339 e. The molecule has 0 aliphatic heterocycles. The number of carboxylic acid groups (broad SMARTS) is 1. The average Bonchev–Trinajstić information content (AvgIpc) is 2.42. The van der Waals surface area contributed by atoms with Crippen LogP contribution in [0, 0.1) is 6.92 Å². The van der Waals surface area contributed by atoms with Crippen LogP contribution in [0.25, 0.3) is 21.8 Å². The minimum absolute atomic E-state index is 0.0345. The number of aromatic nitrogens is 2. The van der Waals surface area contributed by atoms with Crippen LogP contribution in [-0.2, 0) is 7.05 Å². The number of aryl methyl sites for hydroxylation is 2. The lowest BCUT2D eigenvalue weighted by Gasteiger charge is -2.08. The van der Waals surface area contributed by atoms with Crippen LogP contribution >= 0.6 is 0 Å². The normalized spacial score (nSPS) is 11.1. The minimum atomic E-state index is -1.09.